The number of anilines is 1. The van der Waals surface area contributed by atoms with Gasteiger partial charge < -0.3 is 24.5 Å². The molecule has 0 fully saturated rings. The first-order valence-electron chi connectivity index (χ1n) is 14.8. The van der Waals surface area contributed by atoms with Gasteiger partial charge in [-0.15, -0.1) is 0 Å². The highest BCUT2D eigenvalue weighted by Crippen LogP contribution is 2.42. The number of imidazole rings is 1. The lowest BCUT2D eigenvalue weighted by Gasteiger charge is -2.17. The lowest BCUT2D eigenvalue weighted by atomic mass is 10.1. The van der Waals surface area contributed by atoms with Crippen LogP contribution < -0.4 is 5.73 Å². The molecule has 9 nitrogen and oxygen atoms in total. The maximum Gasteiger partial charge on any atom is 0.416 e. The minimum atomic E-state index is -4.32. The number of rotatable bonds is 19. The fraction of sp³-hybridized carbons (Fsp3) is 0.567. The molecule has 1 unspecified atom stereocenters. The Labute approximate surface area is 261 Å². The fourth-order valence-electron chi connectivity index (χ4n) is 4.35. The third-order valence-electron chi connectivity index (χ3n) is 6.71. The van der Waals surface area contributed by atoms with Crippen molar-refractivity contribution in [2.24, 2.45) is 0 Å². The lowest BCUT2D eigenvalue weighted by Crippen LogP contribution is -2.17. The van der Waals surface area contributed by atoms with Gasteiger partial charge in [0.2, 0.25) is 0 Å². The monoisotopic (exact) mass is 655 g/mol. The molecule has 0 saturated carbocycles. The van der Waals surface area contributed by atoms with Crippen molar-refractivity contribution >= 4 is 36.3 Å². The molecule has 0 aliphatic heterocycles. The Hall–Kier alpha value is -2.62. The smallest absolute Gasteiger partial charge is 0.382 e. The van der Waals surface area contributed by atoms with Crippen LogP contribution in [-0.2, 0) is 26.5 Å². The summed E-state index contributed by atoms with van der Waals surface area (Å²) in [6, 6.07) is 4.95. The Bertz CT molecular complexity index is 1400. The largest absolute Gasteiger partial charge is 0.416 e. The molecule has 0 saturated heterocycles. The highest BCUT2D eigenvalue weighted by atomic mass is 32.2. The third kappa shape index (κ3) is 13.2. The average Bonchev–Trinajstić information content (AvgIpc) is 3.39. The van der Waals surface area contributed by atoms with Crippen LogP contribution in [0.25, 0.3) is 11.2 Å². The zero-order valence-corrected chi connectivity index (χ0v) is 26.7. The summed E-state index contributed by atoms with van der Waals surface area (Å²) in [7, 11) is -3.85. The first kappa shape index (κ1) is 35.9. The molecule has 3 N–H and O–H groups in total. The molecule has 3 aromatic rings. The molecule has 0 aliphatic rings. The van der Waals surface area contributed by atoms with E-state index in [2.05, 4.69) is 26.8 Å². The standard InChI is InChI=1S/C30H41F3N5O4PS/c1-24(20-38-22-37-27-28(34)35-21-36-29(27)38)41-23-43(39,40)42-17-19-44-18-11-9-7-5-3-2-4-6-8-10-12-25-13-15-26(16-14-25)30(31,32)33/h13-16,21-22,24H,2-9,11,17-20,23H2,1H3,(H,39,40)(H2,34,35,36)/t24-/m1/s1. The predicted octanol–water partition coefficient (Wildman–Crippen LogP) is 7.29. The van der Waals surface area contributed by atoms with E-state index in [4.69, 9.17) is 15.0 Å². The first-order chi connectivity index (χ1) is 21.0. The van der Waals surface area contributed by atoms with Gasteiger partial charge in [0.05, 0.1) is 31.1 Å². The van der Waals surface area contributed by atoms with E-state index in [1.165, 1.54) is 37.7 Å². The lowest BCUT2D eigenvalue weighted by molar-refractivity contribution is -0.137. The van der Waals surface area contributed by atoms with Crippen LogP contribution in [0.15, 0.2) is 36.9 Å². The highest BCUT2D eigenvalue weighted by Gasteiger charge is 2.29. The molecule has 242 valence electrons. The third-order valence-corrected chi connectivity index (χ3v) is 8.81. The van der Waals surface area contributed by atoms with Crippen LogP contribution >= 0.6 is 19.4 Å². The summed E-state index contributed by atoms with van der Waals surface area (Å²) in [4.78, 5) is 22.4. The molecule has 0 bridgehead atoms. The molecule has 0 radical (unpaired) electrons. The predicted molar refractivity (Wildman–Crippen MR) is 168 cm³/mol. The molecule has 3 rings (SSSR count). The van der Waals surface area contributed by atoms with Crippen molar-refractivity contribution in [3.8, 4) is 11.8 Å². The Kier molecular flexibility index (Phi) is 15.0. The van der Waals surface area contributed by atoms with Gasteiger partial charge in [0.1, 0.15) is 18.2 Å². The van der Waals surface area contributed by atoms with Crippen LogP contribution in [0.5, 0.6) is 0 Å². The molecule has 14 heteroatoms. The molecule has 0 spiro atoms. The number of hydrogen-bond acceptors (Lipinski definition) is 8. The van der Waals surface area contributed by atoms with Gasteiger partial charge in [0.15, 0.2) is 11.5 Å². The van der Waals surface area contributed by atoms with Crippen molar-refractivity contribution in [2.45, 2.75) is 83.5 Å². The van der Waals surface area contributed by atoms with Crippen LogP contribution in [-0.4, -0.2) is 55.0 Å². The Morgan fingerprint density at radius 3 is 2.41 bits per heavy atom. The number of halogens is 3. The van der Waals surface area contributed by atoms with E-state index in [1.807, 2.05) is 0 Å². The normalized spacial score (nSPS) is 13.8. The van der Waals surface area contributed by atoms with Gasteiger partial charge in [-0.2, -0.15) is 24.9 Å². The minimum absolute atomic E-state index is 0.188. The summed E-state index contributed by atoms with van der Waals surface area (Å²) in [5.74, 6) is 7.89. The van der Waals surface area contributed by atoms with E-state index in [-0.39, 0.29) is 12.7 Å². The number of nitrogens with two attached hydrogens (primary N) is 1. The summed E-state index contributed by atoms with van der Waals surface area (Å²) in [5, 5.41) is 0. The molecular weight excluding hydrogens is 614 g/mol. The number of ether oxygens (including phenoxy) is 1. The van der Waals surface area contributed by atoms with Crippen molar-refractivity contribution in [1.82, 2.24) is 19.5 Å². The number of nitrogens with zero attached hydrogens (tertiary/aromatic N) is 4. The second kappa shape index (κ2) is 18.4. The first-order valence-corrected chi connectivity index (χ1v) is 17.7. The van der Waals surface area contributed by atoms with Gasteiger partial charge in [0, 0.05) is 17.7 Å². The zero-order valence-electron chi connectivity index (χ0n) is 25.0. The minimum Gasteiger partial charge on any atom is -0.382 e. The van der Waals surface area contributed by atoms with Crippen molar-refractivity contribution in [3.05, 3.63) is 48.0 Å². The van der Waals surface area contributed by atoms with E-state index < -0.39 is 25.7 Å². The van der Waals surface area contributed by atoms with E-state index in [1.54, 1.807) is 29.6 Å². The second-order valence-corrected chi connectivity index (χ2v) is 13.5. The van der Waals surface area contributed by atoms with Gasteiger partial charge >= 0.3 is 13.8 Å². The number of aromatic nitrogens is 4. The van der Waals surface area contributed by atoms with E-state index in [9.17, 15) is 22.6 Å². The molecule has 44 heavy (non-hydrogen) atoms. The molecule has 1 aromatic carbocycles. The summed E-state index contributed by atoms with van der Waals surface area (Å²) in [6.07, 6.45) is 7.67. The van der Waals surface area contributed by atoms with Crippen LogP contribution in [0.2, 0.25) is 0 Å². The van der Waals surface area contributed by atoms with Gasteiger partial charge in [-0.3, -0.25) is 4.57 Å². The van der Waals surface area contributed by atoms with Gasteiger partial charge in [-0.05, 0) is 49.8 Å². The average molecular weight is 656 g/mol. The number of nitrogen functional groups attached to an aromatic ring is 1. The zero-order chi connectivity index (χ0) is 31.8. The molecular formula is C30H41F3N5O4PS. The number of benzene rings is 1. The molecule has 2 atom stereocenters. The maximum atomic E-state index is 12.6. The second-order valence-electron chi connectivity index (χ2n) is 10.5. The topological polar surface area (TPSA) is 125 Å². The van der Waals surface area contributed by atoms with Crippen molar-refractivity contribution in [2.75, 3.05) is 30.2 Å². The van der Waals surface area contributed by atoms with Crippen LogP contribution in [0.3, 0.4) is 0 Å². The van der Waals surface area contributed by atoms with Gasteiger partial charge in [-0.1, -0.05) is 50.4 Å². The van der Waals surface area contributed by atoms with Crippen LogP contribution in [0.1, 0.15) is 75.8 Å². The molecule has 2 aromatic heterocycles. The number of alkyl halides is 3. The summed E-state index contributed by atoms with van der Waals surface area (Å²) in [5.41, 5.74) is 6.83. The number of thioether (sulfide) groups is 1. The Morgan fingerprint density at radius 1 is 1.02 bits per heavy atom. The Morgan fingerprint density at radius 2 is 1.70 bits per heavy atom. The van der Waals surface area contributed by atoms with Crippen molar-refractivity contribution < 1.29 is 31.9 Å². The number of fused-ring (bicyclic) bond motifs is 1. The van der Waals surface area contributed by atoms with E-state index in [0.29, 0.717) is 34.8 Å². The van der Waals surface area contributed by atoms with Crippen molar-refractivity contribution in [3.63, 3.8) is 0 Å². The number of unbranched alkanes of at least 4 members (excludes halogenated alkanes) is 8. The van der Waals surface area contributed by atoms with Gasteiger partial charge in [0.25, 0.3) is 0 Å². The van der Waals surface area contributed by atoms with Crippen molar-refractivity contribution in [1.29, 1.82) is 0 Å². The van der Waals surface area contributed by atoms with Crippen LogP contribution in [0, 0.1) is 11.8 Å². The molecule has 0 amide bonds. The quantitative estimate of drug-likeness (QED) is 0.0778. The van der Waals surface area contributed by atoms with E-state index in [0.717, 1.165) is 56.4 Å². The maximum absolute atomic E-state index is 12.6. The summed E-state index contributed by atoms with van der Waals surface area (Å²) in [6.45, 7) is 2.36. The molecule has 0 aliphatic carbocycles. The van der Waals surface area contributed by atoms with Gasteiger partial charge in [-0.25, -0.2) is 15.0 Å². The SMILES string of the molecule is C[C@H](Cn1cnc2c(N)ncnc21)OCP(=O)(O)OCCSCCCCCCCCCCC#Cc1ccc(C(F)(F)F)cc1. The summed E-state index contributed by atoms with van der Waals surface area (Å²) < 4.78 is 62.6. The van der Waals surface area contributed by atoms with Crippen LogP contribution in [0.4, 0.5) is 19.0 Å². The number of hydrogen-bond donors (Lipinski definition) is 2. The fourth-order valence-corrected chi connectivity index (χ4v) is 6.18. The highest BCUT2D eigenvalue weighted by molar-refractivity contribution is 7.99. The molecule has 2 heterocycles. The van der Waals surface area contributed by atoms with E-state index >= 15 is 0 Å². The Balaban J connectivity index is 1.11. The summed E-state index contributed by atoms with van der Waals surface area (Å²) >= 11 is 1.71.